The van der Waals surface area contributed by atoms with Crippen LogP contribution in [0.15, 0.2) is 36.9 Å². The first kappa shape index (κ1) is 15.3. The molecule has 2 rings (SSSR count). The summed E-state index contributed by atoms with van der Waals surface area (Å²) in [5.41, 5.74) is 0.180. The molecule has 112 valence electrons. The zero-order valence-corrected chi connectivity index (χ0v) is 12.0. The third-order valence-electron chi connectivity index (χ3n) is 4.00. The van der Waals surface area contributed by atoms with Crippen molar-refractivity contribution in [3.8, 4) is 5.75 Å². The van der Waals surface area contributed by atoms with Gasteiger partial charge < -0.3 is 9.84 Å². The second kappa shape index (κ2) is 7.07. The van der Waals surface area contributed by atoms with Crippen LogP contribution in [0, 0.1) is 11.8 Å². The molecule has 4 nitrogen and oxygen atoms in total. The van der Waals surface area contributed by atoms with E-state index in [1.807, 2.05) is 6.08 Å². The molecule has 0 spiro atoms. The Morgan fingerprint density at radius 1 is 1.19 bits per heavy atom. The maximum absolute atomic E-state index is 12.1. The summed E-state index contributed by atoms with van der Waals surface area (Å²) in [6, 6.07) is 5.91. The molecule has 1 aromatic rings. The SMILES string of the molecule is C=CC[C@H]1CC[C@H](C(=O)Oc2ccc(C(=O)O)cc2)CC1. The van der Waals surface area contributed by atoms with Crippen LogP contribution in [0.2, 0.25) is 0 Å². The van der Waals surface area contributed by atoms with Crippen molar-refractivity contribution in [2.45, 2.75) is 32.1 Å². The van der Waals surface area contributed by atoms with Gasteiger partial charge in [0.15, 0.2) is 0 Å². The molecule has 0 bridgehead atoms. The van der Waals surface area contributed by atoms with Crippen LogP contribution in [0.25, 0.3) is 0 Å². The fourth-order valence-corrected chi connectivity index (χ4v) is 2.73. The number of hydrogen-bond acceptors (Lipinski definition) is 3. The van der Waals surface area contributed by atoms with E-state index in [9.17, 15) is 9.59 Å². The molecule has 0 aliphatic heterocycles. The van der Waals surface area contributed by atoms with Crippen molar-refractivity contribution in [3.63, 3.8) is 0 Å². The predicted octanol–water partition coefficient (Wildman–Crippen LogP) is 3.67. The van der Waals surface area contributed by atoms with Crippen molar-refractivity contribution in [2.75, 3.05) is 0 Å². The number of allylic oxidation sites excluding steroid dienone is 1. The number of carboxylic acid groups (broad SMARTS) is 1. The van der Waals surface area contributed by atoms with Gasteiger partial charge in [0.05, 0.1) is 11.5 Å². The molecule has 0 amide bonds. The summed E-state index contributed by atoms with van der Waals surface area (Å²) in [7, 11) is 0. The molecule has 0 heterocycles. The molecular weight excluding hydrogens is 268 g/mol. The topological polar surface area (TPSA) is 63.6 Å². The van der Waals surface area contributed by atoms with Crippen LogP contribution in [0.1, 0.15) is 42.5 Å². The van der Waals surface area contributed by atoms with Gasteiger partial charge in [-0.2, -0.15) is 0 Å². The average molecular weight is 288 g/mol. The van der Waals surface area contributed by atoms with Gasteiger partial charge >= 0.3 is 11.9 Å². The van der Waals surface area contributed by atoms with E-state index in [-0.39, 0.29) is 17.5 Å². The fourth-order valence-electron chi connectivity index (χ4n) is 2.73. The van der Waals surface area contributed by atoms with Crippen molar-refractivity contribution < 1.29 is 19.4 Å². The summed E-state index contributed by atoms with van der Waals surface area (Å²) in [6.07, 6.45) is 6.72. The highest BCUT2D eigenvalue weighted by Crippen LogP contribution is 2.32. The first-order chi connectivity index (χ1) is 10.1. The lowest BCUT2D eigenvalue weighted by atomic mass is 9.80. The normalized spacial score (nSPS) is 21.5. The highest BCUT2D eigenvalue weighted by atomic mass is 16.5. The quantitative estimate of drug-likeness (QED) is 0.510. The van der Waals surface area contributed by atoms with E-state index in [0.29, 0.717) is 11.7 Å². The van der Waals surface area contributed by atoms with Crippen LogP contribution >= 0.6 is 0 Å². The second-order valence-corrected chi connectivity index (χ2v) is 5.49. The minimum atomic E-state index is -0.992. The van der Waals surface area contributed by atoms with Gasteiger partial charge in [0.1, 0.15) is 5.75 Å². The summed E-state index contributed by atoms with van der Waals surface area (Å²) in [5, 5.41) is 8.82. The van der Waals surface area contributed by atoms with Gasteiger partial charge in [-0.1, -0.05) is 6.08 Å². The van der Waals surface area contributed by atoms with Gasteiger partial charge in [0.2, 0.25) is 0 Å². The smallest absolute Gasteiger partial charge is 0.335 e. The molecule has 1 saturated carbocycles. The van der Waals surface area contributed by atoms with Crippen LogP contribution in [0.3, 0.4) is 0 Å². The lowest BCUT2D eigenvalue weighted by Crippen LogP contribution is -2.25. The number of rotatable bonds is 5. The van der Waals surface area contributed by atoms with Crippen LogP contribution in [-0.4, -0.2) is 17.0 Å². The maximum atomic E-state index is 12.1. The third kappa shape index (κ3) is 4.18. The molecule has 1 aliphatic carbocycles. The predicted molar refractivity (Wildman–Crippen MR) is 79.3 cm³/mol. The van der Waals surface area contributed by atoms with Crippen molar-refractivity contribution in [1.82, 2.24) is 0 Å². The van der Waals surface area contributed by atoms with Crippen LogP contribution < -0.4 is 4.74 Å². The number of carbonyl (C=O) groups excluding carboxylic acids is 1. The Morgan fingerprint density at radius 2 is 1.81 bits per heavy atom. The third-order valence-corrected chi connectivity index (χ3v) is 4.00. The highest BCUT2D eigenvalue weighted by molar-refractivity contribution is 5.87. The van der Waals surface area contributed by atoms with Gasteiger partial charge in [0.25, 0.3) is 0 Å². The highest BCUT2D eigenvalue weighted by Gasteiger charge is 2.27. The standard InChI is InChI=1S/C17H20O4/c1-2-3-12-4-6-14(7-5-12)17(20)21-15-10-8-13(9-11-15)16(18)19/h2,8-12,14H,1,3-7H2,(H,18,19)/t12-,14-. The minimum absolute atomic E-state index is 0.0507. The van der Waals surface area contributed by atoms with E-state index in [1.54, 1.807) is 0 Å². The van der Waals surface area contributed by atoms with Crippen molar-refractivity contribution >= 4 is 11.9 Å². The first-order valence-electron chi connectivity index (χ1n) is 7.26. The number of carbonyl (C=O) groups is 2. The molecule has 0 atom stereocenters. The lowest BCUT2D eigenvalue weighted by molar-refractivity contribution is -0.140. The van der Waals surface area contributed by atoms with E-state index in [0.717, 1.165) is 32.1 Å². The molecule has 1 N–H and O–H groups in total. The lowest BCUT2D eigenvalue weighted by Gasteiger charge is -2.26. The number of hydrogen-bond donors (Lipinski definition) is 1. The van der Waals surface area contributed by atoms with Crippen molar-refractivity contribution in [2.24, 2.45) is 11.8 Å². The number of aromatic carboxylic acids is 1. The molecule has 1 aliphatic rings. The number of esters is 1. The molecule has 1 fully saturated rings. The summed E-state index contributed by atoms with van der Waals surface area (Å²) in [4.78, 5) is 22.8. The minimum Gasteiger partial charge on any atom is -0.478 e. The molecule has 1 aromatic carbocycles. The molecule has 4 heteroatoms. The van der Waals surface area contributed by atoms with Gasteiger partial charge in [-0.25, -0.2) is 4.79 Å². The summed E-state index contributed by atoms with van der Waals surface area (Å²) >= 11 is 0. The van der Waals surface area contributed by atoms with E-state index >= 15 is 0 Å². The first-order valence-corrected chi connectivity index (χ1v) is 7.26. The molecule has 0 saturated heterocycles. The molecule has 0 radical (unpaired) electrons. The van der Waals surface area contributed by atoms with Crippen LogP contribution in [0.5, 0.6) is 5.75 Å². The maximum Gasteiger partial charge on any atom is 0.335 e. The zero-order valence-electron chi connectivity index (χ0n) is 12.0. The van der Waals surface area contributed by atoms with E-state index in [2.05, 4.69) is 6.58 Å². The Bertz CT molecular complexity index is 510. The summed E-state index contributed by atoms with van der Waals surface area (Å²) in [5.74, 6) is -0.214. The monoisotopic (exact) mass is 288 g/mol. The number of benzene rings is 1. The van der Waals surface area contributed by atoms with Crippen LogP contribution in [-0.2, 0) is 4.79 Å². The molecule has 0 aromatic heterocycles. The van der Waals surface area contributed by atoms with E-state index in [1.165, 1.54) is 24.3 Å². The van der Waals surface area contributed by atoms with Gasteiger partial charge in [-0.3, -0.25) is 4.79 Å². The van der Waals surface area contributed by atoms with Gasteiger partial charge in [-0.15, -0.1) is 6.58 Å². The fraction of sp³-hybridized carbons (Fsp3) is 0.412. The molecular formula is C17H20O4. The van der Waals surface area contributed by atoms with E-state index < -0.39 is 5.97 Å². The van der Waals surface area contributed by atoms with E-state index in [4.69, 9.17) is 9.84 Å². The summed E-state index contributed by atoms with van der Waals surface area (Å²) in [6.45, 7) is 3.75. The second-order valence-electron chi connectivity index (χ2n) is 5.49. The Balaban J connectivity index is 1.87. The van der Waals surface area contributed by atoms with Crippen molar-refractivity contribution in [3.05, 3.63) is 42.5 Å². The van der Waals surface area contributed by atoms with Gasteiger partial charge in [0, 0.05) is 0 Å². The number of ether oxygens (including phenoxy) is 1. The molecule has 0 unspecified atom stereocenters. The Kier molecular flexibility index (Phi) is 5.14. The molecule has 21 heavy (non-hydrogen) atoms. The Hall–Kier alpha value is -2.10. The average Bonchev–Trinajstić information content (AvgIpc) is 2.49. The zero-order chi connectivity index (χ0) is 15.2. The van der Waals surface area contributed by atoms with Crippen molar-refractivity contribution in [1.29, 1.82) is 0 Å². The Labute approximate surface area is 124 Å². The Morgan fingerprint density at radius 3 is 2.33 bits per heavy atom. The van der Waals surface area contributed by atoms with Crippen LogP contribution in [0.4, 0.5) is 0 Å². The summed E-state index contributed by atoms with van der Waals surface area (Å²) < 4.78 is 5.33. The largest absolute Gasteiger partial charge is 0.478 e. The number of carboxylic acids is 1. The van der Waals surface area contributed by atoms with Gasteiger partial charge in [-0.05, 0) is 62.3 Å².